The van der Waals surface area contributed by atoms with Gasteiger partial charge in [0.1, 0.15) is 23.0 Å². The maximum Gasteiger partial charge on any atom is 0.273 e. The number of carbonyl (C=O) groups excluding carboxylic acids is 1. The molecule has 0 fully saturated rings. The lowest BCUT2D eigenvalue weighted by Crippen LogP contribution is -2.31. The summed E-state index contributed by atoms with van der Waals surface area (Å²) in [6.45, 7) is 4.33. The number of hydrogen-bond acceptors (Lipinski definition) is 3. The molecule has 1 atom stereocenters. The van der Waals surface area contributed by atoms with Gasteiger partial charge in [0.15, 0.2) is 0 Å². The smallest absolute Gasteiger partial charge is 0.273 e. The topological polar surface area (TPSA) is 69.2 Å². The first-order valence-corrected chi connectivity index (χ1v) is 9.95. The molecule has 0 bridgehead atoms. The van der Waals surface area contributed by atoms with Crippen molar-refractivity contribution in [2.24, 2.45) is 0 Å². The van der Waals surface area contributed by atoms with E-state index >= 15 is 0 Å². The molecule has 0 saturated heterocycles. The fraction of sp³-hybridized carbons (Fsp3) is 0.273. The number of nitrogens with one attached hydrogen (secondary N) is 1. The first-order valence-electron chi connectivity index (χ1n) is 9.57. The average Bonchev–Trinajstić information content (AvgIpc) is 3.23. The number of amides is 1. The number of hydrogen-bond donors (Lipinski definition) is 2. The maximum atomic E-state index is 14.8. The van der Waals surface area contributed by atoms with Gasteiger partial charge in [-0.2, -0.15) is 5.10 Å². The Balaban J connectivity index is 1.93. The largest absolute Gasteiger partial charge is 0.507 e. The average molecular weight is 414 g/mol. The monoisotopic (exact) mass is 413 g/mol. The number of phenols is 1. The summed E-state index contributed by atoms with van der Waals surface area (Å²) >= 11 is 6.27. The molecule has 150 valence electrons. The van der Waals surface area contributed by atoms with Crippen molar-refractivity contribution >= 4 is 17.5 Å². The van der Waals surface area contributed by atoms with Crippen LogP contribution in [0.1, 0.15) is 53.0 Å². The minimum atomic E-state index is -0.626. The van der Waals surface area contributed by atoms with E-state index in [0.717, 1.165) is 18.4 Å². The van der Waals surface area contributed by atoms with Gasteiger partial charge < -0.3 is 10.0 Å². The van der Waals surface area contributed by atoms with Crippen molar-refractivity contribution < 1.29 is 14.3 Å². The minimum absolute atomic E-state index is 0.00735. The van der Waals surface area contributed by atoms with E-state index in [2.05, 4.69) is 10.2 Å². The Morgan fingerprint density at radius 3 is 2.79 bits per heavy atom. The summed E-state index contributed by atoms with van der Waals surface area (Å²) in [6, 6.07) is 8.99. The zero-order chi connectivity index (χ0) is 20.7. The van der Waals surface area contributed by atoms with Crippen LogP contribution in [0, 0.1) is 12.7 Å². The number of carbonyl (C=O) groups is 1. The van der Waals surface area contributed by atoms with Gasteiger partial charge in [0.05, 0.1) is 6.04 Å². The van der Waals surface area contributed by atoms with Crippen LogP contribution < -0.4 is 0 Å². The summed E-state index contributed by atoms with van der Waals surface area (Å²) in [7, 11) is 0. The number of benzene rings is 2. The Hall–Kier alpha value is -2.86. The molecule has 0 aliphatic carbocycles. The second-order valence-electron chi connectivity index (χ2n) is 7.26. The molecule has 0 spiro atoms. The van der Waals surface area contributed by atoms with E-state index in [-0.39, 0.29) is 11.7 Å². The third kappa shape index (κ3) is 3.17. The van der Waals surface area contributed by atoms with Gasteiger partial charge in [-0.05, 0) is 37.1 Å². The van der Waals surface area contributed by atoms with Gasteiger partial charge in [-0.1, -0.05) is 43.1 Å². The minimum Gasteiger partial charge on any atom is -0.507 e. The SMILES string of the molecule is CCCCN1C(=O)c2[nH]nc(-c3cc(Cl)c(C)cc3O)c2C1c1ccccc1F. The molecule has 1 amide bonds. The van der Waals surface area contributed by atoms with E-state index < -0.39 is 11.9 Å². The van der Waals surface area contributed by atoms with Crippen molar-refractivity contribution in [2.75, 3.05) is 6.54 Å². The molecular formula is C22H21ClFN3O2. The van der Waals surface area contributed by atoms with Crippen LogP contribution in [-0.4, -0.2) is 32.7 Å². The first-order chi connectivity index (χ1) is 13.9. The molecule has 1 aliphatic rings. The number of aryl methyl sites for hydroxylation is 1. The predicted octanol–water partition coefficient (Wildman–Crippen LogP) is 5.23. The zero-order valence-corrected chi connectivity index (χ0v) is 16.9. The fourth-order valence-corrected chi connectivity index (χ4v) is 4.00. The molecule has 1 unspecified atom stereocenters. The number of unbranched alkanes of at least 4 members (excludes halogenated alkanes) is 1. The molecule has 1 aromatic heterocycles. The number of aromatic amines is 1. The number of aromatic nitrogens is 2. The summed E-state index contributed by atoms with van der Waals surface area (Å²) in [5.41, 5.74) is 2.82. The van der Waals surface area contributed by atoms with Crippen LogP contribution in [0.4, 0.5) is 4.39 Å². The lowest BCUT2D eigenvalue weighted by Gasteiger charge is -2.26. The van der Waals surface area contributed by atoms with Crippen LogP contribution in [0.2, 0.25) is 5.02 Å². The third-order valence-corrected chi connectivity index (χ3v) is 5.76. The summed E-state index contributed by atoms with van der Waals surface area (Å²) < 4.78 is 14.8. The van der Waals surface area contributed by atoms with Crippen molar-refractivity contribution in [3.8, 4) is 17.0 Å². The van der Waals surface area contributed by atoms with Crippen LogP contribution in [0.15, 0.2) is 36.4 Å². The van der Waals surface area contributed by atoms with E-state index in [1.54, 1.807) is 42.2 Å². The quantitative estimate of drug-likeness (QED) is 0.601. The summed E-state index contributed by atoms with van der Waals surface area (Å²) in [4.78, 5) is 14.8. The first kappa shape index (κ1) is 19.5. The van der Waals surface area contributed by atoms with E-state index in [1.165, 1.54) is 6.07 Å². The number of nitrogens with zero attached hydrogens (tertiary/aromatic N) is 2. The van der Waals surface area contributed by atoms with Gasteiger partial charge in [0.2, 0.25) is 0 Å². The number of phenolic OH excluding ortho intramolecular Hbond substituents is 1. The van der Waals surface area contributed by atoms with Crippen molar-refractivity contribution in [1.82, 2.24) is 15.1 Å². The van der Waals surface area contributed by atoms with Crippen molar-refractivity contribution in [3.63, 3.8) is 0 Å². The molecule has 0 saturated carbocycles. The van der Waals surface area contributed by atoms with E-state index in [9.17, 15) is 14.3 Å². The number of aromatic hydroxyl groups is 1. The van der Waals surface area contributed by atoms with Crippen molar-refractivity contribution in [1.29, 1.82) is 0 Å². The summed E-state index contributed by atoms with van der Waals surface area (Å²) in [5, 5.41) is 18.1. The molecule has 0 radical (unpaired) electrons. The number of rotatable bonds is 5. The van der Waals surface area contributed by atoms with Crippen LogP contribution in [-0.2, 0) is 0 Å². The molecule has 2 heterocycles. The zero-order valence-electron chi connectivity index (χ0n) is 16.2. The summed E-state index contributed by atoms with van der Waals surface area (Å²) in [6.07, 6.45) is 1.70. The Morgan fingerprint density at radius 1 is 1.31 bits per heavy atom. The van der Waals surface area contributed by atoms with Crippen LogP contribution in [0.25, 0.3) is 11.3 Å². The van der Waals surface area contributed by atoms with Crippen LogP contribution in [0.3, 0.4) is 0 Å². The molecule has 29 heavy (non-hydrogen) atoms. The van der Waals surface area contributed by atoms with Crippen molar-refractivity contribution in [3.05, 3.63) is 69.6 Å². The molecule has 7 heteroatoms. The molecule has 2 N–H and O–H groups in total. The Morgan fingerprint density at radius 2 is 2.07 bits per heavy atom. The van der Waals surface area contributed by atoms with Crippen molar-refractivity contribution in [2.45, 2.75) is 32.7 Å². The van der Waals surface area contributed by atoms with Gasteiger partial charge in [-0.15, -0.1) is 0 Å². The van der Waals surface area contributed by atoms with E-state index in [1.807, 2.05) is 6.92 Å². The molecule has 2 aromatic carbocycles. The number of H-pyrrole nitrogens is 1. The van der Waals surface area contributed by atoms with Gasteiger partial charge in [0, 0.05) is 28.3 Å². The van der Waals surface area contributed by atoms with E-state index in [4.69, 9.17) is 11.6 Å². The Kier molecular flexibility index (Phi) is 5.04. The highest BCUT2D eigenvalue weighted by molar-refractivity contribution is 6.31. The maximum absolute atomic E-state index is 14.8. The highest BCUT2D eigenvalue weighted by Gasteiger charge is 2.43. The second kappa shape index (κ2) is 7.52. The van der Waals surface area contributed by atoms with Gasteiger partial charge in [-0.25, -0.2) is 4.39 Å². The summed E-state index contributed by atoms with van der Waals surface area (Å²) in [5.74, 6) is -0.607. The normalized spacial score (nSPS) is 15.8. The molecular weight excluding hydrogens is 393 g/mol. The standard InChI is InChI=1S/C22H21ClFN3O2/c1-3-4-9-27-21(13-7-5-6-8-16(13)24)18-19(25-26-20(18)22(27)29)14-11-15(23)12(2)10-17(14)28/h5-8,10-11,21,28H,3-4,9H2,1-2H3,(H,25,26). The van der Waals surface area contributed by atoms with Crippen LogP contribution in [0.5, 0.6) is 5.75 Å². The number of halogens is 2. The third-order valence-electron chi connectivity index (χ3n) is 5.35. The fourth-order valence-electron chi connectivity index (χ4n) is 3.84. The molecule has 5 nitrogen and oxygen atoms in total. The Bertz CT molecular complexity index is 1100. The molecule has 3 aromatic rings. The van der Waals surface area contributed by atoms with E-state index in [0.29, 0.717) is 39.6 Å². The van der Waals surface area contributed by atoms with Crippen LogP contribution >= 0.6 is 11.6 Å². The highest BCUT2D eigenvalue weighted by atomic mass is 35.5. The van der Waals surface area contributed by atoms with Gasteiger partial charge in [0.25, 0.3) is 5.91 Å². The lowest BCUT2D eigenvalue weighted by molar-refractivity contribution is 0.0739. The van der Waals surface area contributed by atoms with Gasteiger partial charge >= 0.3 is 0 Å². The highest BCUT2D eigenvalue weighted by Crippen LogP contribution is 2.45. The predicted molar refractivity (Wildman–Crippen MR) is 110 cm³/mol. The molecule has 4 rings (SSSR count). The van der Waals surface area contributed by atoms with Gasteiger partial charge in [-0.3, -0.25) is 9.89 Å². The second-order valence-corrected chi connectivity index (χ2v) is 7.66. The molecule has 1 aliphatic heterocycles. The lowest BCUT2D eigenvalue weighted by atomic mass is 9.95. The Labute approximate surface area is 173 Å². The number of fused-ring (bicyclic) bond motifs is 1.